The van der Waals surface area contributed by atoms with Crippen LogP contribution in [-0.4, -0.2) is 34.3 Å². The Balaban J connectivity index is 2.46. The fraction of sp³-hybridized carbons (Fsp3) is 0.211. The van der Waals surface area contributed by atoms with Crippen molar-refractivity contribution in [3.8, 4) is 29.6 Å². The van der Waals surface area contributed by atoms with E-state index in [9.17, 15) is 4.79 Å². The zero-order valence-corrected chi connectivity index (χ0v) is 14.1. The highest BCUT2D eigenvalue weighted by molar-refractivity contribution is 6.08. The number of hydrogen-bond acceptors (Lipinski definition) is 4. The number of carbonyl (C=O) groups is 1. The molecule has 24 heavy (non-hydrogen) atoms. The van der Waals surface area contributed by atoms with Crippen LogP contribution in [-0.2, 0) is 0 Å². The molecule has 0 N–H and O–H groups in total. The summed E-state index contributed by atoms with van der Waals surface area (Å²) in [5.74, 6) is 3.65. The van der Waals surface area contributed by atoms with Crippen molar-refractivity contribution in [1.29, 1.82) is 0 Å². The zero-order valence-electron chi connectivity index (χ0n) is 14.1. The van der Waals surface area contributed by atoms with Crippen LogP contribution in [0.25, 0.3) is 0 Å². The van der Waals surface area contributed by atoms with Crippen LogP contribution < -0.4 is 19.1 Å². The maximum atomic E-state index is 12.9. The number of carbonyl (C=O) groups excluding carboxylic acids is 1. The van der Waals surface area contributed by atoms with Gasteiger partial charge in [-0.3, -0.25) is 4.79 Å². The minimum Gasteiger partial charge on any atom is -0.496 e. The highest BCUT2D eigenvalue weighted by atomic mass is 16.5. The molecular weight excluding hydrogens is 306 g/mol. The molecule has 5 nitrogen and oxygen atoms in total. The number of methoxy groups -OCH3 is 3. The van der Waals surface area contributed by atoms with E-state index in [2.05, 4.69) is 5.92 Å². The van der Waals surface area contributed by atoms with Gasteiger partial charge < -0.3 is 19.1 Å². The fourth-order valence-electron chi connectivity index (χ4n) is 2.30. The van der Waals surface area contributed by atoms with Crippen LogP contribution in [0.3, 0.4) is 0 Å². The van der Waals surface area contributed by atoms with Gasteiger partial charge in [0.2, 0.25) is 0 Å². The van der Waals surface area contributed by atoms with Gasteiger partial charge in [-0.1, -0.05) is 12.0 Å². The summed E-state index contributed by atoms with van der Waals surface area (Å²) in [5.41, 5.74) is 1.75. The lowest BCUT2D eigenvalue weighted by atomic mass is 10.1. The van der Waals surface area contributed by atoms with E-state index in [1.54, 1.807) is 37.4 Å². The fourth-order valence-corrected chi connectivity index (χ4v) is 2.30. The molecule has 0 atom stereocenters. The van der Waals surface area contributed by atoms with Crippen molar-refractivity contribution in [3.63, 3.8) is 0 Å². The number of nitrogens with zero attached hydrogens (tertiary/aromatic N) is 1. The second kappa shape index (κ2) is 7.42. The summed E-state index contributed by atoms with van der Waals surface area (Å²) in [6.45, 7) is 0. The molecule has 5 heteroatoms. The molecule has 0 radical (unpaired) electrons. The molecule has 1 amide bonds. The maximum Gasteiger partial charge on any atom is 0.261 e. The largest absolute Gasteiger partial charge is 0.496 e. The lowest BCUT2D eigenvalue weighted by Gasteiger charge is -2.20. The third kappa shape index (κ3) is 3.28. The Kier molecular flexibility index (Phi) is 5.33. The number of amides is 1. The van der Waals surface area contributed by atoms with E-state index in [4.69, 9.17) is 20.6 Å². The first-order valence-corrected chi connectivity index (χ1v) is 7.20. The van der Waals surface area contributed by atoms with Gasteiger partial charge in [-0.2, -0.15) is 0 Å². The molecule has 0 aliphatic carbocycles. The van der Waals surface area contributed by atoms with Gasteiger partial charge in [0.1, 0.15) is 5.75 Å². The zero-order chi connectivity index (χ0) is 17.7. The molecule has 0 saturated carbocycles. The van der Waals surface area contributed by atoms with Gasteiger partial charge in [0.15, 0.2) is 11.5 Å². The SMILES string of the molecule is C#Cc1cccc(N(C)C(=O)c2cc(OC)c(OC)cc2OC)c1. The van der Waals surface area contributed by atoms with Crippen LogP contribution in [0.1, 0.15) is 15.9 Å². The molecule has 0 unspecified atom stereocenters. The van der Waals surface area contributed by atoms with E-state index >= 15 is 0 Å². The molecular formula is C19H19NO4. The number of hydrogen-bond donors (Lipinski definition) is 0. The standard InChI is InChI=1S/C19H19NO4/c1-6-13-8-7-9-14(10-13)20(2)19(21)15-11-17(23-4)18(24-5)12-16(15)22-3/h1,7-12H,2-5H3. The van der Waals surface area contributed by atoms with Crippen molar-refractivity contribution in [2.24, 2.45) is 0 Å². The lowest BCUT2D eigenvalue weighted by Crippen LogP contribution is -2.26. The summed E-state index contributed by atoms with van der Waals surface area (Å²) >= 11 is 0. The van der Waals surface area contributed by atoms with Crippen LogP contribution in [0.4, 0.5) is 5.69 Å². The van der Waals surface area contributed by atoms with E-state index < -0.39 is 0 Å². The Morgan fingerprint density at radius 2 is 1.62 bits per heavy atom. The smallest absolute Gasteiger partial charge is 0.261 e. The Morgan fingerprint density at radius 3 is 2.21 bits per heavy atom. The molecule has 2 rings (SSSR count). The number of terminal acetylenes is 1. The molecule has 0 spiro atoms. The summed E-state index contributed by atoms with van der Waals surface area (Å²) in [5, 5.41) is 0. The van der Waals surface area contributed by atoms with Crippen LogP contribution in [0.2, 0.25) is 0 Å². The average Bonchev–Trinajstić information content (AvgIpc) is 2.65. The number of benzene rings is 2. The molecule has 2 aromatic carbocycles. The van der Waals surface area contributed by atoms with E-state index in [1.807, 2.05) is 6.07 Å². The normalized spacial score (nSPS) is 9.79. The van der Waals surface area contributed by atoms with Crippen LogP contribution in [0.5, 0.6) is 17.2 Å². The summed E-state index contributed by atoms with van der Waals surface area (Å²) in [6, 6.07) is 10.4. The van der Waals surface area contributed by atoms with Gasteiger partial charge in [-0.05, 0) is 18.2 Å². The van der Waals surface area contributed by atoms with Gasteiger partial charge in [0.25, 0.3) is 5.91 Å². The van der Waals surface area contributed by atoms with E-state index in [0.29, 0.717) is 34.1 Å². The third-order valence-electron chi connectivity index (χ3n) is 3.64. The highest BCUT2D eigenvalue weighted by Crippen LogP contribution is 2.35. The van der Waals surface area contributed by atoms with E-state index in [0.717, 1.165) is 0 Å². The number of anilines is 1. The quantitative estimate of drug-likeness (QED) is 0.793. The molecule has 0 aliphatic heterocycles. The summed E-state index contributed by atoms with van der Waals surface area (Å²) in [6.07, 6.45) is 5.42. The molecule has 0 aromatic heterocycles. The first kappa shape index (κ1) is 17.2. The number of ether oxygens (including phenoxy) is 3. The average molecular weight is 325 g/mol. The van der Waals surface area contributed by atoms with E-state index in [-0.39, 0.29) is 5.91 Å². The third-order valence-corrected chi connectivity index (χ3v) is 3.64. The van der Waals surface area contributed by atoms with Crippen molar-refractivity contribution in [3.05, 3.63) is 47.5 Å². The van der Waals surface area contributed by atoms with E-state index in [1.165, 1.54) is 26.2 Å². The second-order valence-electron chi connectivity index (χ2n) is 4.97. The Hall–Kier alpha value is -3.13. The molecule has 2 aromatic rings. The Labute approximate surface area is 141 Å². The summed E-state index contributed by atoms with van der Waals surface area (Å²) in [7, 11) is 6.21. The van der Waals surface area contributed by atoms with Gasteiger partial charge in [-0.25, -0.2) is 0 Å². The molecule has 0 bridgehead atoms. The minimum absolute atomic E-state index is 0.248. The van der Waals surface area contributed by atoms with Crippen molar-refractivity contribution in [1.82, 2.24) is 0 Å². The monoisotopic (exact) mass is 325 g/mol. The van der Waals surface area contributed by atoms with Crippen LogP contribution in [0, 0.1) is 12.3 Å². The van der Waals surface area contributed by atoms with Gasteiger partial charge in [0, 0.05) is 30.4 Å². The predicted molar refractivity (Wildman–Crippen MR) is 93.2 cm³/mol. The van der Waals surface area contributed by atoms with Crippen molar-refractivity contribution < 1.29 is 19.0 Å². The summed E-state index contributed by atoms with van der Waals surface area (Å²) < 4.78 is 15.8. The topological polar surface area (TPSA) is 48.0 Å². The van der Waals surface area contributed by atoms with Gasteiger partial charge in [-0.15, -0.1) is 6.42 Å². The van der Waals surface area contributed by atoms with Crippen molar-refractivity contribution in [2.75, 3.05) is 33.3 Å². The highest BCUT2D eigenvalue weighted by Gasteiger charge is 2.21. The minimum atomic E-state index is -0.248. The molecule has 0 saturated heterocycles. The predicted octanol–water partition coefficient (Wildman–Crippen LogP) is 2.97. The molecule has 0 fully saturated rings. The Bertz CT molecular complexity index is 792. The molecule has 124 valence electrons. The van der Waals surface area contributed by atoms with Crippen LogP contribution in [0.15, 0.2) is 36.4 Å². The van der Waals surface area contributed by atoms with Crippen molar-refractivity contribution in [2.45, 2.75) is 0 Å². The van der Waals surface area contributed by atoms with Crippen molar-refractivity contribution >= 4 is 11.6 Å². The lowest BCUT2D eigenvalue weighted by molar-refractivity contribution is 0.0989. The van der Waals surface area contributed by atoms with Gasteiger partial charge in [0.05, 0.1) is 26.9 Å². The first-order valence-electron chi connectivity index (χ1n) is 7.20. The Morgan fingerprint density at radius 1 is 1.00 bits per heavy atom. The van der Waals surface area contributed by atoms with Gasteiger partial charge >= 0.3 is 0 Å². The van der Waals surface area contributed by atoms with Crippen LogP contribution >= 0.6 is 0 Å². The number of rotatable bonds is 5. The maximum absolute atomic E-state index is 12.9. The second-order valence-corrected chi connectivity index (χ2v) is 4.97. The molecule has 0 aliphatic rings. The molecule has 0 heterocycles. The summed E-state index contributed by atoms with van der Waals surface area (Å²) in [4.78, 5) is 14.4. The first-order chi connectivity index (χ1) is 11.5.